The molecular formula is C11H17N3O. The van der Waals surface area contributed by atoms with Gasteiger partial charge in [0.05, 0.1) is 0 Å². The summed E-state index contributed by atoms with van der Waals surface area (Å²) >= 11 is 0. The van der Waals surface area contributed by atoms with Gasteiger partial charge in [-0.25, -0.2) is 4.98 Å². The molecule has 1 heterocycles. The van der Waals surface area contributed by atoms with Crippen LogP contribution in [0.2, 0.25) is 0 Å². The second-order valence-corrected chi connectivity index (χ2v) is 3.69. The number of aromatic nitrogens is 1. The topological polar surface area (TPSA) is 45.2 Å². The molecule has 0 aliphatic rings. The van der Waals surface area contributed by atoms with Gasteiger partial charge in [-0.05, 0) is 18.6 Å². The summed E-state index contributed by atoms with van der Waals surface area (Å²) in [5.41, 5.74) is 1.13. The summed E-state index contributed by atoms with van der Waals surface area (Å²) in [6, 6.07) is 3.90. The van der Waals surface area contributed by atoms with Crippen LogP contribution in [0, 0.1) is 6.92 Å². The monoisotopic (exact) mass is 207 g/mol. The molecule has 0 radical (unpaired) electrons. The zero-order valence-corrected chi connectivity index (χ0v) is 9.45. The van der Waals surface area contributed by atoms with E-state index in [0.717, 1.165) is 11.4 Å². The Morgan fingerprint density at radius 2 is 2.20 bits per heavy atom. The Morgan fingerprint density at radius 3 is 2.73 bits per heavy atom. The predicted octanol–water partition coefficient (Wildman–Crippen LogP) is 1.28. The fourth-order valence-electron chi connectivity index (χ4n) is 1.09. The number of carbonyl (C=O) groups is 1. The highest BCUT2D eigenvalue weighted by molar-refractivity contribution is 5.76. The Labute approximate surface area is 90.3 Å². The maximum atomic E-state index is 11.3. The van der Waals surface area contributed by atoms with Crippen LogP contribution in [-0.4, -0.2) is 36.4 Å². The Kier molecular flexibility index (Phi) is 4.09. The summed E-state index contributed by atoms with van der Waals surface area (Å²) in [7, 11) is 3.51. The third-order valence-corrected chi connectivity index (χ3v) is 2.06. The van der Waals surface area contributed by atoms with E-state index in [1.54, 1.807) is 25.2 Å². The molecule has 0 saturated carbocycles. The number of pyridine rings is 1. The van der Waals surface area contributed by atoms with Gasteiger partial charge in [-0.2, -0.15) is 0 Å². The van der Waals surface area contributed by atoms with Crippen LogP contribution in [0.1, 0.15) is 12.0 Å². The first-order chi connectivity index (χ1) is 7.09. The van der Waals surface area contributed by atoms with E-state index in [1.807, 2.05) is 19.1 Å². The number of nitrogens with one attached hydrogen (secondary N) is 1. The quantitative estimate of drug-likeness (QED) is 0.809. The lowest BCUT2D eigenvalue weighted by Crippen LogP contribution is -2.24. The Morgan fingerprint density at radius 1 is 1.47 bits per heavy atom. The van der Waals surface area contributed by atoms with Gasteiger partial charge in [0.2, 0.25) is 5.91 Å². The maximum absolute atomic E-state index is 11.3. The first-order valence-corrected chi connectivity index (χ1v) is 4.96. The number of rotatable bonds is 4. The number of aryl methyl sites for hydroxylation is 1. The van der Waals surface area contributed by atoms with Crippen LogP contribution >= 0.6 is 0 Å². The van der Waals surface area contributed by atoms with Crippen molar-refractivity contribution in [1.82, 2.24) is 9.88 Å². The smallest absolute Gasteiger partial charge is 0.223 e. The van der Waals surface area contributed by atoms with E-state index in [1.165, 1.54) is 0 Å². The number of anilines is 1. The molecule has 0 fully saturated rings. The van der Waals surface area contributed by atoms with Gasteiger partial charge in [0.1, 0.15) is 5.82 Å². The average Bonchev–Trinajstić information content (AvgIpc) is 2.20. The number of hydrogen-bond acceptors (Lipinski definition) is 3. The standard InChI is InChI=1S/C11H17N3O/c1-9-4-5-10(13-8-9)12-7-6-11(15)14(2)3/h4-5,8H,6-7H2,1-3H3,(H,12,13). The molecule has 0 aromatic carbocycles. The van der Waals surface area contributed by atoms with E-state index in [2.05, 4.69) is 10.3 Å². The molecule has 1 N–H and O–H groups in total. The SMILES string of the molecule is Cc1ccc(NCCC(=O)N(C)C)nc1. The van der Waals surface area contributed by atoms with Crippen molar-refractivity contribution in [2.24, 2.45) is 0 Å². The van der Waals surface area contributed by atoms with E-state index >= 15 is 0 Å². The highest BCUT2D eigenvalue weighted by atomic mass is 16.2. The Hall–Kier alpha value is -1.58. The summed E-state index contributed by atoms with van der Waals surface area (Å²) in [6.45, 7) is 2.61. The Balaban J connectivity index is 2.32. The fraction of sp³-hybridized carbons (Fsp3) is 0.455. The summed E-state index contributed by atoms with van der Waals surface area (Å²) in [5, 5.41) is 3.10. The van der Waals surface area contributed by atoms with Gasteiger partial charge in [0, 0.05) is 33.3 Å². The van der Waals surface area contributed by atoms with Crippen LogP contribution in [0.3, 0.4) is 0 Å². The lowest BCUT2D eigenvalue weighted by Gasteiger charge is -2.10. The summed E-state index contributed by atoms with van der Waals surface area (Å²) in [5.74, 6) is 0.932. The summed E-state index contributed by atoms with van der Waals surface area (Å²) in [6.07, 6.45) is 2.29. The molecule has 82 valence electrons. The maximum Gasteiger partial charge on any atom is 0.223 e. The van der Waals surface area contributed by atoms with Crippen LogP contribution < -0.4 is 5.32 Å². The first-order valence-electron chi connectivity index (χ1n) is 4.96. The summed E-state index contributed by atoms with van der Waals surface area (Å²) in [4.78, 5) is 17.0. The third kappa shape index (κ3) is 3.97. The van der Waals surface area contributed by atoms with Crippen molar-refractivity contribution in [3.63, 3.8) is 0 Å². The molecule has 0 spiro atoms. The molecule has 1 aromatic heterocycles. The minimum Gasteiger partial charge on any atom is -0.370 e. The number of nitrogens with zero attached hydrogens (tertiary/aromatic N) is 2. The van der Waals surface area contributed by atoms with Gasteiger partial charge in [0.15, 0.2) is 0 Å². The fourth-order valence-corrected chi connectivity index (χ4v) is 1.09. The van der Waals surface area contributed by atoms with Crippen molar-refractivity contribution in [1.29, 1.82) is 0 Å². The van der Waals surface area contributed by atoms with Crippen LogP contribution in [0.25, 0.3) is 0 Å². The van der Waals surface area contributed by atoms with Gasteiger partial charge < -0.3 is 10.2 Å². The van der Waals surface area contributed by atoms with Crippen LogP contribution in [0.4, 0.5) is 5.82 Å². The lowest BCUT2D eigenvalue weighted by molar-refractivity contribution is -0.128. The zero-order chi connectivity index (χ0) is 11.3. The largest absolute Gasteiger partial charge is 0.370 e. The first kappa shape index (κ1) is 11.5. The summed E-state index contributed by atoms with van der Waals surface area (Å²) < 4.78 is 0. The van der Waals surface area contributed by atoms with E-state index in [4.69, 9.17) is 0 Å². The minimum absolute atomic E-state index is 0.120. The molecule has 0 aliphatic heterocycles. The zero-order valence-electron chi connectivity index (χ0n) is 9.45. The van der Waals surface area contributed by atoms with E-state index < -0.39 is 0 Å². The van der Waals surface area contributed by atoms with Gasteiger partial charge in [-0.1, -0.05) is 6.07 Å². The van der Waals surface area contributed by atoms with Crippen LogP contribution in [0.5, 0.6) is 0 Å². The van der Waals surface area contributed by atoms with Gasteiger partial charge in [-0.15, -0.1) is 0 Å². The van der Waals surface area contributed by atoms with E-state index in [-0.39, 0.29) is 5.91 Å². The normalized spacial score (nSPS) is 9.80. The molecule has 0 bridgehead atoms. The van der Waals surface area contributed by atoms with Gasteiger partial charge >= 0.3 is 0 Å². The molecular weight excluding hydrogens is 190 g/mol. The van der Waals surface area contributed by atoms with Crippen molar-refractivity contribution in [3.05, 3.63) is 23.9 Å². The van der Waals surface area contributed by atoms with Gasteiger partial charge in [-0.3, -0.25) is 4.79 Å². The minimum atomic E-state index is 0.120. The molecule has 1 aromatic rings. The average molecular weight is 207 g/mol. The molecule has 0 atom stereocenters. The number of carbonyl (C=O) groups excluding carboxylic acids is 1. The number of amides is 1. The molecule has 15 heavy (non-hydrogen) atoms. The van der Waals surface area contributed by atoms with Crippen molar-refractivity contribution in [2.45, 2.75) is 13.3 Å². The van der Waals surface area contributed by atoms with Crippen molar-refractivity contribution >= 4 is 11.7 Å². The molecule has 1 rings (SSSR count). The highest BCUT2D eigenvalue weighted by Crippen LogP contribution is 2.03. The molecule has 4 heteroatoms. The van der Waals surface area contributed by atoms with Gasteiger partial charge in [0.25, 0.3) is 0 Å². The second-order valence-electron chi connectivity index (χ2n) is 3.69. The predicted molar refractivity (Wildman–Crippen MR) is 60.8 cm³/mol. The van der Waals surface area contributed by atoms with Crippen molar-refractivity contribution in [2.75, 3.05) is 26.0 Å². The number of hydrogen-bond donors (Lipinski definition) is 1. The van der Waals surface area contributed by atoms with Crippen LogP contribution in [-0.2, 0) is 4.79 Å². The van der Waals surface area contributed by atoms with Crippen LogP contribution in [0.15, 0.2) is 18.3 Å². The Bertz CT molecular complexity index is 319. The van der Waals surface area contributed by atoms with Crippen molar-refractivity contribution in [3.8, 4) is 0 Å². The lowest BCUT2D eigenvalue weighted by atomic mass is 10.3. The van der Waals surface area contributed by atoms with E-state index in [9.17, 15) is 4.79 Å². The highest BCUT2D eigenvalue weighted by Gasteiger charge is 2.02. The molecule has 4 nitrogen and oxygen atoms in total. The van der Waals surface area contributed by atoms with E-state index in [0.29, 0.717) is 13.0 Å². The third-order valence-electron chi connectivity index (χ3n) is 2.06. The molecule has 1 amide bonds. The van der Waals surface area contributed by atoms with Crippen molar-refractivity contribution < 1.29 is 4.79 Å². The molecule has 0 aliphatic carbocycles. The second kappa shape index (κ2) is 5.34. The molecule has 0 unspecified atom stereocenters. The molecule has 0 saturated heterocycles.